The molecule has 1 aliphatic rings. The Morgan fingerprint density at radius 3 is 2.92 bits per heavy atom. The van der Waals surface area contributed by atoms with Gasteiger partial charge in [0.15, 0.2) is 0 Å². The van der Waals surface area contributed by atoms with Gasteiger partial charge in [0.25, 0.3) is 0 Å². The first-order chi connectivity index (χ1) is 6.42. The summed E-state index contributed by atoms with van der Waals surface area (Å²) in [5.41, 5.74) is 1.24. The number of rotatable bonds is 2. The Hall–Kier alpha value is -1.02. The quantitative estimate of drug-likeness (QED) is 0.684. The second kappa shape index (κ2) is 3.79. The molecule has 0 bridgehead atoms. The Balaban J connectivity index is 2.16. The third-order valence-corrected chi connectivity index (χ3v) is 2.50. The first-order valence-electron chi connectivity index (χ1n) is 4.67. The normalized spacial score (nSPS) is 22.2. The van der Waals surface area contributed by atoms with E-state index in [1.165, 1.54) is 12.1 Å². The minimum Gasteiger partial charge on any atom is -0.362 e. The molecule has 1 saturated heterocycles. The maximum absolute atomic E-state index is 5.39. The molecule has 1 unspecified atom stereocenters. The monoisotopic (exact) mass is 176 g/mol. The minimum atomic E-state index is 0.266. The van der Waals surface area contributed by atoms with Crippen LogP contribution < -0.4 is 4.90 Å². The van der Waals surface area contributed by atoms with Gasteiger partial charge in [-0.05, 0) is 31.0 Å². The molecule has 1 aromatic rings. The highest BCUT2D eigenvalue weighted by Gasteiger charge is 2.23. The Labute approximate surface area is 79.1 Å². The highest BCUT2D eigenvalue weighted by Crippen LogP contribution is 2.24. The molecule has 13 heavy (non-hydrogen) atoms. The largest absolute Gasteiger partial charge is 0.362 e. The van der Waals surface area contributed by atoms with E-state index in [-0.39, 0.29) is 6.23 Å². The maximum Gasteiger partial charge on any atom is 0.129 e. The molecule has 0 aliphatic carbocycles. The Bertz CT molecular complexity index is 260. The second-order valence-corrected chi connectivity index (χ2v) is 3.28. The predicted molar refractivity (Wildman–Crippen MR) is 52.7 cm³/mol. The van der Waals surface area contributed by atoms with Gasteiger partial charge in [-0.25, -0.2) is 0 Å². The van der Waals surface area contributed by atoms with Crippen molar-refractivity contribution < 1.29 is 4.74 Å². The van der Waals surface area contributed by atoms with Crippen LogP contribution in [-0.4, -0.2) is 19.9 Å². The molecule has 0 amide bonds. The zero-order chi connectivity index (χ0) is 9.10. The SMILES string of the molecule is COC1CCCN1c1cc[c]cc1. The van der Waals surface area contributed by atoms with Gasteiger partial charge in [0.05, 0.1) is 0 Å². The minimum absolute atomic E-state index is 0.266. The van der Waals surface area contributed by atoms with Crippen molar-refractivity contribution in [1.29, 1.82) is 0 Å². The molecule has 0 N–H and O–H groups in total. The summed E-state index contributed by atoms with van der Waals surface area (Å²) in [7, 11) is 1.78. The molecule has 0 saturated carbocycles. The molecule has 0 spiro atoms. The van der Waals surface area contributed by atoms with E-state index in [0.29, 0.717) is 0 Å². The van der Waals surface area contributed by atoms with Crippen LogP contribution in [0, 0.1) is 6.07 Å². The highest BCUT2D eigenvalue weighted by atomic mass is 16.5. The fourth-order valence-electron chi connectivity index (χ4n) is 1.85. The maximum atomic E-state index is 5.39. The number of benzene rings is 1. The number of nitrogens with zero attached hydrogens (tertiary/aromatic N) is 1. The van der Waals surface area contributed by atoms with Crippen molar-refractivity contribution in [3.63, 3.8) is 0 Å². The van der Waals surface area contributed by atoms with E-state index < -0.39 is 0 Å². The van der Waals surface area contributed by atoms with E-state index in [1.54, 1.807) is 7.11 Å². The lowest BCUT2D eigenvalue weighted by Crippen LogP contribution is -2.30. The average Bonchev–Trinajstić information content (AvgIpc) is 2.67. The summed E-state index contributed by atoms with van der Waals surface area (Å²) in [4.78, 5) is 2.30. The van der Waals surface area contributed by atoms with Crippen LogP contribution in [0.3, 0.4) is 0 Å². The van der Waals surface area contributed by atoms with Gasteiger partial charge in [0.1, 0.15) is 6.23 Å². The summed E-state index contributed by atoms with van der Waals surface area (Å²) in [5, 5.41) is 0. The summed E-state index contributed by atoms with van der Waals surface area (Å²) in [6, 6.07) is 11.1. The molecular formula is C11H14NO. The Morgan fingerprint density at radius 1 is 1.46 bits per heavy atom. The lowest BCUT2D eigenvalue weighted by molar-refractivity contribution is 0.111. The standard InChI is InChI=1S/C11H14NO/c1-13-11-8-5-9-12(11)10-6-3-2-4-7-10/h3-4,6-7,11H,5,8-9H2,1H3. The van der Waals surface area contributed by atoms with Crippen LogP contribution in [0.5, 0.6) is 0 Å². The van der Waals surface area contributed by atoms with Gasteiger partial charge in [0.2, 0.25) is 0 Å². The van der Waals surface area contributed by atoms with E-state index in [2.05, 4.69) is 23.1 Å². The zero-order valence-electron chi connectivity index (χ0n) is 7.86. The van der Waals surface area contributed by atoms with Gasteiger partial charge in [0, 0.05) is 19.3 Å². The summed E-state index contributed by atoms with van der Waals surface area (Å²) in [5.74, 6) is 0. The number of anilines is 1. The second-order valence-electron chi connectivity index (χ2n) is 3.28. The van der Waals surface area contributed by atoms with E-state index in [1.807, 2.05) is 12.1 Å². The van der Waals surface area contributed by atoms with Gasteiger partial charge < -0.3 is 9.64 Å². The number of hydrogen-bond acceptors (Lipinski definition) is 2. The third kappa shape index (κ3) is 1.68. The van der Waals surface area contributed by atoms with E-state index >= 15 is 0 Å². The van der Waals surface area contributed by atoms with Crippen molar-refractivity contribution in [1.82, 2.24) is 0 Å². The van der Waals surface area contributed by atoms with E-state index in [9.17, 15) is 0 Å². The smallest absolute Gasteiger partial charge is 0.129 e. The van der Waals surface area contributed by atoms with Crippen LogP contribution in [-0.2, 0) is 4.74 Å². The van der Waals surface area contributed by atoms with Crippen molar-refractivity contribution in [3.8, 4) is 0 Å². The molecule has 1 atom stereocenters. The first-order valence-corrected chi connectivity index (χ1v) is 4.67. The van der Waals surface area contributed by atoms with Crippen molar-refractivity contribution in [2.45, 2.75) is 19.1 Å². The average molecular weight is 176 g/mol. The van der Waals surface area contributed by atoms with Gasteiger partial charge in [-0.3, -0.25) is 0 Å². The zero-order valence-corrected chi connectivity index (χ0v) is 7.86. The van der Waals surface area contributed by atoms with Crippen LogP contribution in [0.2, 0.25) is 0 Å². The highest BCUT2D eigenvalue weighted by molar-refractivity contribution is 5.47. The molecule has 2 rings (SSSR count). The van der Waals surface area contributed by atoms with Crippen molar-refractivity contribution in [3.05, 3.63) is 30.3 Å². The summed E-state index contributed by atoms with van der Waals surface area (Å²) in [6.45, 7) is 1.10. The predicted octanol–water partition coefficient (Wildman–Crippen LogP) is 2.06. The number of methoxy groups -OCH3 is 1. The first kappa shape index (κ1) is 8.57. The summed E-state index contributed by atoms with van der Waals surface area (Å²) in [6.07, 6.45) is 2.62. The Morgan fingerprint density at radius 2 is 2.23 bits per heavy atom. The molecule has 0 aromatic heterocycles. The van der Waals surface area contributed by atoms with Crippen molar-refractivity contribution >= 4 is 5.69 Å². The summed E-state index contributed by atoms with van der Waals surface area (Å²) < 4.78 is 5.39. The van der Waals surface area contributed by atoms with Crippen molar-refractivity contribution in [2.75, 3.05) is 18.6 Å². The Kier molecular flexibility index (Phi) is 2.50. The van der Waals surface area contributed by atoms with Gasteiger partial charge in [-0.15, -0.1) is 0 Å². The molecule has 1 radical (unpaired) electrons. The fourth-order valence-corrected chi connectivity index (χ4v) is 1.85. The van der Waals surface area contributed by atoms with Crippen LogP contribution in [0.1, 0.15) is 12.8 Å². The lowest BCUT2D eigenvalue weighted by Gasteiger charge is -2.25. The molecule has 1 aromatic carbocycles. The van der Waals surface area contributed by atoms with Crippen LogP contribution in [0.25, 0.3) is 0 Å². The van der Waals surface area contributed by atoms with Crippen LogP contribution in [0.4, 0.5) is 5.69 Å². The van der Waals surface area contributed by atoms with Crippen LogP contribution in [0.15, 0.2) is 24.3 Å². The molecular weight excluding hydrogens is 162 g/mol. The fraction of sp³-hybridized carbons (Fsp3) is 0.455. The molecule has 1 aliphatic heterocycles. The van der Waals surface area contributed by atoms with Gasteiger partial charge in [-0.1, -0.05) is 12.1 Å². The van der Waals surface area contributed by atoms with Crippen LogP contribution >= 0.6 is 0 Å². The molecule has 1 fully saturated rings. The van der Waals surface area contributed by atoms with Gasteiger partial charge >= 0.3 is 0 Å². The lowest BCUT2D eigenvalue weighted by atomic mass is 10.3. The van der Waals surface area contributed by atoms with Gasteiger partial charge in [-0.2, -0.15) is 0 Å². The van der Waals surface area contributed by atoms with E-state index in [4.69, 9.17) is 4.74 Å². The topological polar surface area (TPSA) is 12.5 Å². The van der Waals surface area contributed by atoms with E-state index in [0.717, 1.165) is 13.0 Å². The number of hydrogen-bond donors (Lipinski definition) is 0. The number of ether oxygens (including phenoxy) is 1. The third-order valence-electron chi connectivity index (χ3n) is 2.50. The molecule has 2 nitrogen and oxygen atoms in total. The molecule has 2 heteroatoms. The molecule has 1 heterocycles. The molecule has 69 valence electrons. The van der Waals surface area contributed by atoms with Crippen molar-refractivity contribution in [2.24, 2.45) is 0 Å². The summed E-state index contributed by atoms with van der Waals surface area (Å²) >= 11 is 0.